The van der Waals surface area contributed by atoms with E-state index in [2.05, 4.69) is 25.2 Å². The highest BCUT2D eigenvalue weighted by molar-refractivity contribution is 6.37. The Labute approximate surface area is 61.5 Å². The van der Waals surface area contributed by atoms with E-state index in [-0.39, 0.29) is 0 Å². The van der Waals surface area contributed by atoms with Gasteiger partial charge >= 0.3 is 6.03 Å². The molecule has 0 aromatic heterocycles. The average molecular weight is 149 g/mol. The summed E-state index contributed by atoms with van der Waals surface area (Å²) in [7, 11) is 0. The molecular weight excluding hydrogens is 146 g/mol. The van der Waals surface area contributed by atoms with Gasteiger partial charge in [0.25, 0.3) is 0 Å². The highest BCUT2D eigenvalue weighted by Crippen LogP contribution is 2.06. The first-order chi connectivity index (χ1) is 5.36. The van der Waals surface area contributed by atoms with Crippen LogP contribution in [-0.2, 0) is 0 Å². The minimum atomic E-state index is -0.597. The van der Waals surface area contributed by atoms with E-state index in [0.29, 0.717) is 5.71 Å². The second-order valence-electron chi connectivity index (χ2n) is 1.95. The van der Waals surface area contributed by atoms with E-state index in [4.69, 9.17) is 0 Å². The molecule has 0 N–H and O–H groups in total. The van der Waals surface area contributed by atoms with Crippen molar-refractivity contribution < 1.29 is 4.79 Å². The monoisotopic (exact) mass is 149 g/mol. The number of rotatable bonds is 0. The first-order valence-electron chi connectivity index (χ1n) is 2.94. The zero-order valence-electron chi connectivity index (χ0n) is 5.38. The number of nitrogens with zero attached hydrogens (tertiary/aromatic N) is 5. The van der Waals surface area contributed by atoms with E-state index in [0.717, 1.165) is 0 Å². The molecular formula is C5H3N5O. The molecule has 0 radical (unpaired) electrons. The lowest BCUT2D eigenvalue weighted by atomic mass is 10.3. The number of carbonyl (C=O) groups excluding carboxylic acids is 1. The molecule has 2 aliphatic heterocycles. The van der Waals surface area contributed by atoms with Gasteiger partial charge in [-0.25, -0.2) is 14.8 Å². The van der Waals surface area contributed by atoms with Crippen molar-refractivity contribution in [3.63, 3.8) is 0 Å². The van der Waals surface area contributed by atoms with Crippen LogP contribution in [0.2, 0.25) is 0 Å². The van der Waals surface area contributed by atoms with Crippen LogP contribution in [-0.4, -0.2) is 30.5 Å². The average Bonchev–Trinajstić information content (AvgIpc) is 2.04. The van der Waals surface area contributed by atoms with Crippen molar-refractivity contribution in [3.8, 4) is 0 Å². The first-order valence-corrected chi connectivity index (χ1v) is 2.94. The Morgan fingerprint density at radius 2 is 2.36 bits per heavy atom. The fourth-order valence-electron chi connectivity index (χ4n) is 0.767. The summed E-state index contributed by atoms with van der Waals surface area (Å²) in [4.78, 5) is 21.6. The molecule has 2 heterocycles. The molecule has 6 nitrogen and oxygen atoms in total. The third-order valence-electron chi connectivity index (χ3n) is 1.22. The van der Waals surface area contributed by atoms with Crippen molar-refractivity contribution in [3.05, 3.63) is 0 Å². The maximum absolute atomic E-state index is 10.6. The molecule has 0 aliphatic carbocycles. The molecule has 0 bridgehead atoms. The van der Waals surface area contributed by atoms with E-state index in [1.165, 1.54) is 12.6 Å². The van der Waals surface area contributed by atoms with Crippen molar-refractivity contribution in [2.75, 3.05) is 0 Å². The van der Waals surface area contributed by atoms with E-state index >= 15 is 0 Å². The van der Waals surface area contributed by atoms with Gasteiger partial charge in [0, 0.05) is 0 Å². The predicted octanol–water partition coefficient (Wildman–Crippen LogP) is 0.452. The molecule has 2 amide bonds. The molecule has 0 saturated heterocycles. The minimum absolute atomic E-state index is 0.451. The molecule has 2 rings (SSSR count). The van der Waals surface area contributed by atoms with Gasteiger partial charge in [-0.15, -0.1) is 5.11 Å². The maximum atomic E-state index is 10.6. The number of urea groups is 1. The molecule has 54 valence electrons. The SMILES string of the molecule is O=C1N=NC2N=CN=CC2=N1. The summed E-state index contributed by atoms with van der Waals surface area (Å²) >= 11 is 0. The second kappa shape index (κ2) is 2.15. The van der Waals surface area contributed by atoms with E-state index in [1.54, 1.807) is 0 Å². The van der Waals surface area contributed by atoms with Gasteiger partial charge in [0.05, 0.1) is 6.21 Å². The molecule has 0 spiro atoms. The van der Waals surface area contributed by atoms with E-state index in [9.17, 15) is 4.79 Å². The van der Waals surface area contributed by atoms with Gasteiger partial charge in [0.15, 0.2) is 0 Å². The van der Waals surface area contributed by atoms with Crippen molar-refractivity contribution >= 4 is 24.3 Å². The van der Waals surface area contributed by atoms with Crippen LogP contribution in [0.5, 0.6) is 0 Å². The summed E-state index contributed by atoms with van der Waals surface area (Å²) in [5.41, 5.74) is 0.451. The van der Waals surface area contributed by atoms with Crippen LogP contribution >= 0.6 is 0 Å². The number of fused-ring (bicyclic) bond motifs is 1. The quantitative estimate of drug-likeness (QED) is 0.492. The van der Waals surface area contributed by atoms with Crippen LogP contribution in [0.4, 0.5) is 4.79 Å². The Kier molecular flexibility index (Phi) is 1.18. The Bertz CT molecular complexity index is 313. The number of hydrogen-bond donors (Lipinski definition) is 0. The largest absolute Gasteiger partial charge is 0.385 e. The summed E-state index contributed by atoms with van der Waals surface area (Å²) in [6.45, 7) is 0. The number of aliphatic imine (C=N–C) groups is 3. The highest BCUT2D eigenvalue weighted by atomic mass is 16.2. The van der Waals surface area contributed by atoms with Gasteiger partial charge < -0.3 is 0 Å². The zero-order chi connectivity index (χ0) is 7.68. The molecule has 11 heavy (non-hydrogen) atoms. The van der Waals surface area contributed by atoms with Crippen molar-refractivity contribution in [1.29, 1.82) is 0 Å². The third-order valence-corrected chi connectivity index (χ3v) is 1.22. The number of hydrogen-bond acceptors (Lipinski definition) is 4. The minimum Gasteiger partial charge on any atom is -0.243 e. The summed E-state index contributed by atoms with van der Waals surface area (Å²) in [5, 5.41) is 6.83. The number of azo groups is 1. The zero-order valence-corrected chi connectivity index (χ0v) is 5.38. The molecule has 2 aliphatic rings. The molecule has 0 aromatic rings. The molecule has 1 atom stereocenters. The van der Waals surface area contributed by atoms with Crippen LogP contribution in [0.25, 0.3) is 0 Å². The standard InChI is InChI=1S/C5H3N5O/c11-5-8-3-1-6-2-7-4(3)9-10-5/h1-2,4H. The molecule has 0 aromatic carbocycles. The fourth-order valence-corrected chi connectivity index (χ4v) is 0.767. The lowest BCUT2D eigenvalue weighted by Crippen LogP contribution is -2.24. The third kappa shape index (κ3) is 0.977. The Hall–Kier alpha value is -1.72. The Morgan fingerprint density at radius 1 is 1.45 bits per heavy atom. The van der Waals surface area contributed by atoms with E-state index < -0.39 is 12.2 Å². The summed E-state index contributed by atoms with van der Waals surface area (Å²) < 4.78 is 0. The van der Waals surface area contributed by atoms with Crippen LogP contribution in [0, 0.1) is 0 Å². The number of carbonyl (C=O) groups is 1. The van der Waals surface area contributed by atoms with Gasteiger partial charge in [-0.3, -0.25) is 0 Å². The van der Waals surface area contributed by atoms with Gasteiger partial charge in [0.1, 0.15) is 12.1 Å². The molecule has 0 fully saturated rings. The van der Waals surface area contributed by atoms with Gasteiger partial charge in [0.2, 0.25) is 6.17 Å². The molecule has 6 heteroatoms. The van der Waals surface area contributed by atoms with Crippen molar-refractivity contribution in [2.45, 2.75) is 6.17 Å². The lowest BCUT2D eigenvalue weighted by molar-refractivity contribution is 0.254. The fraction of sp³-hybridized carbons (Fsp3) is 0.200. The normalized spacial score (nSPS) is 26.7. The van der Waals surface area contributed by atoms with E-state index in [1.807, 2.05) is 0 Å². The van der Waals surface area contributed by atoms with Crippen molar-refractivity contribution in [1.82, 2.24) is 0 Å². The topological polar surface area (TPSA) is 78.9 Å². The van der Waals surface area contributed by atoms with Gasteiger partial charge in [-0.2, -0.15) is 4.99 Å². The second-order valence-corrected chi connectivity index (χ2v) is 1.95. The summed E-state index contributed by atoms with van der Waals surface area (Å²) in [5.74, 6) is 0. The van der Waals surface area contributed by atoms with Crippen molar-refractivity contribution in [2.24, 2.45) is 25.2 Å². The van der Waals surface area contributed by atoms with Gasteiger partial charge in [-0.05, 0) is 0 Å². The molecule has 1 unspecified atom stereocenters. The maximum Gasteiger partial charge on any atom is 0.385 e. The lowest BCUT2D eigenvalue weighted by Gasteiger charge is -2.09. The predicted molar refractivity (Wildman–Crippen MR) is 38.5 cm³/mol. The van der Waals surface area contributed by atoms with Crippen LogP contribution in [0.1, 0.15) is 0 Å². The van der Waals surface area contributed by atoms with Crippen LogP contribution < -0.4 is 0 Å². The Morgan fingerprint density at radius 3 is 3.27 bits per heavy atom. The Balaban J connectivity index is 2.39. The van der Waals surface area contributed by atoms with Gasteiger partial charge in [-0.1, -0.05) is 5.11 Å². The first kappa shape index (κ1) is 6.02. The highest BCUT2D eigenvalue weighted by Gasteiger charge is 2.19. The van der Waals surface area contributed by atoms with Crippen LogP contribution in [0.3, 0.4) is 0 Å². The number of amides is 2. The van der Waals surface area contributed by atoms with Crippen LogP contribution in [0.15, 0.2) is 25.2 Å². The summed E-state index contributed by atoms with van der Waals surface area (Å²) in [6.07, 6.45) is 2.36. The summed E-state index contributed by atoms with van der Waals surface area (Å²) in [6, 6.07) is -0.597. The molecule has 0 saturated carbocycles. The smallest absolute Gasteiger partial charge is 0.243 e.